The average Bonchev–Trinajstić information content (AvgIpc) is 2.88. The lowest BCUT2D eigenvalue weighted by Crippen LogP contribution is -2.38. The van der Waals surface area contributed by atoms with Gasteiger partial charge in [-0.25, -0.2) is 0 Å². The zero-order chi connectivity index (χ0) is 9.26. The van der Waals surface area contributed by atoms with E-state index in [-0.39, 0.29) is 17.9 Å². The van der Waals surface area contributed by atoms with Crippen molar-refractivity contribution in [1.82, 2.24) is 5.32 Å². The fraction of sp³-hybridized carbons (Fsp3) is 0.900. The Morgan fingerprint density at radius 2 is 2.00 bits per heavy atom. The molecular weight excluding hydrogens is 164 g/mol. The molecule has 1 amide bonds. The van der Waals surface area contributed by atoms with E-state index < -0.39 is 0 Å². The van der Waals surface area contributed by atoms with Gasteiger partial charge in [0.1, 0.15) is 0 Å². The number of rotatable bonds is 2. The molecule has 0 spiro atoms. The van der Waals surface area contributed by atoms with E-state index in [1.165, 1.54) is 12.8 Å². The van der Waals surface area contributed by atoms with Crippen molar-refractivity contribution in [3.05, 3.63) is 0 Å². The van der Waals surface area contributed by atoms with Gasteiger partial charge in [-0.3, -0.25) is 4.79 Å². The molecule has 2 aliphatic rings. The molecule has 3 heteroatoms. The molecule has 0 aromatic heterocycles. The maximum Gasteiger partial charge on any atom is 0.223 e. The first-order valence-corrected chi connectivity index (χ1v) is 5.31. The van der Waals surface area contributed by atoms with E-state index in [1.54, 1.807) is 0 Å². The van der Waals surface area contributed by atoms with Crippen LogP contribution < -0.4 is 11.1 Å². The standard InChI is InChI=1S/C10H18N2O/c11-8-3-1-2-7(6-8)10(13)12-9-4-5-9/h7-9H,1-6,11H2,(H,12,13). The Labute approximate surface area is 79.1 Å². The van der Waals surface area contributed by atoms with Gasteiger partial charge in [-0.1, -0.05) is 6.42 Å². The molecule has 2 saturated carbocycles. The number of nitrogens with one attached hydrogen (secondary N) is 1. The zero-order valence-corrected chi connectivity index (χ0v) is 7.96. The molecule has 0 radical (unpaired) electrons. The predicted octanol–water partition coefficient (Wildman–Crippen LogP) is 0.782. The van der Waals surface area contributed by atoms with Crippen LogP contribution in [-0.2, 0) is 4.79 Å². The summed E-state index contributed by atoms with van der Waals surface area (Å²) >= 11 is 0. The van der Waals surface area contributed by atoms with Gasteiger partial charge in [0.15, 0.2) is 0 Å². The van der Waals surface area contributed by atoms with Gasteiger partial charge in [0.25, 0.3) is 0 Å². The molecule has 0 bridgehead atoms. The van der Waals surface area contributed by atoms with Gasteiger partial charge in [-0.2, -0.15) is 0 Å². The zero-order valence-electron chi connectivity index (χ0n) is 7.96. The Morgan fingerprint density at radius 3 is 2.62 bits per heavy atom. The highest BCUT2D eigenvalue weighted by atomic mass is 16.2. The molecule has 13 heavy (non-hydrogen) atoms. The van der Waals surface area contributed by atoms with Gasteiger partial charge < -0.3 is 11.1 Å². The molecule has 2 aliphatic carbocycles. The molecular formula is C10H18N2O. The van der Waals surface area contributed by atoms with E-state index in [1.807, 2.05) is 0 Å². The Kier molecular flexibility index (Phi) is 2.54. The van der Waals surface area contributed by atoms with Crippen molar-refractivity contribution < 1.29 is 4.79 Å². The van der Waals surface area contributed by atoms with Crippen molar-refractivity contribution in [3.8, 4) is 0 Å². The monoisotopic (exact) mass is 182 g/mol. The highest BCUT2D eigenvalue weighted by Gasteiger charge is 2.29. The number of nitrogens with two attached hydrogens (primary N) is 1. The highest BCUT2D eigenvalue weighted by Crippen LogP contribution is 2.25. The summed E-state index contributed by atoms with van der Waals surface area (Å²) in [5, 5.41) is 3.05. The summed E-state index contributed by atoms with van der Waals surface area (Å²) in [5.74, 6) is 0.446. The molecule has 0 aromatic carbocycles. The molecule has 3 N–H and O–H groups in total. The van der Waals surface area contributed by atoms with Crippen LogP contribution in [0.3, 0.4) is 0 Å². The lowest BCUT2D eigenvalue weighted by molar-refractivity contribution is -0.126. The molecule has 2 rings (SSSR count). The maximum absolute atomic E-state index is 11.6. The van der Waals surface area contributed by atoms with E-state index in [2.05, 4.69) is 5.32 Å². The summed E-state index contributed by atoms with van der Waals surface area (Å²) in [6, 6.07) is 0.745. The van der Waals surface area contributed by atoms with Gasteiger partial charge >= 0.3 is 0 Å². The number of carbonyl (C=O) groups excluding carboxylic acids is 1. The fourth-order valence-electron chi connectivity index (χ4n) is 2.01. The largest absolute Gasteiger partial charge is 0.353 e. The van der Waals surface area contributed by atoms with Gasteiger partial charge in [0, 0.05) is 18.0 Å². The van der Waals surface area contributed by atoms with Crippen LogP contribution in [0, 0.1) is 5.92 Å². The first-order valence-electron chi connectivity index (χ1n) is 5.31. The second kappa shape index (κ2) is 3.66. The summed E-state index contributed by atoms with van der Waals surface area (Å²) in [7, 11) is 0. The molecule has 2 atom stereocenters. The summed E-state index contributed by atoms with van der Waals surface area (Å²) in [4.78, 5) is 11.6. The van der Waals surface area contributed by atoms with Crippen LogP contribution in [-0.4, -0.2) is 18.0 Å². The highest BCUT2D eigenvalue weighted by molar-refractivity contribution is 5.79. The number of carbonyl (C=O) groups is 1. The molecule has 2 fully saturated rings. The van der Waals surface area contributed by atoms with Gasteiger partial charge in [0.2, 0.25) is 5.91 Å². The minimum absolute atomic E-state index is 0.198. The Hall–Kier alpha value is -0.570. The minimum atomic E-state index is 0.198. The number of hydrogen-bond acceptors (Lipinski definition) is 2. The number of hydrogen-bond donors (Lipinski definition) is 2. The van der Waals surface area contributed by atoms with Crippen LogP contribution in [0.4, 0.5) is 0 Å². The summed E-state index contributed by atoms with van der Waals surface area (Å²) < 4.78 is 0. The molecule has 0 saturated heterocycles. The predicted molar refractivity (Wildman–Crippen MR) is 51.1 cm³/mol. The van der Waals surface area contributed by atoms with Crippen molar-refractivity contribution in [2.75, 3.05) is 0 Å². The summed E-state index contributed by atoms with van der Waals surface area (Å²) in [6.45, 7) is 0. The molecule has 0 heterocycles. The van der Waals surface area contributed by atoms with Crippen LogP contribution in [0.5, 0.6) is 0 Å². The quantitative estimate of drug-likeness (QED) is 0.663. The van der Waals surface area contributed by atoms with Crippen molar-refractivity contribution in [3.63, 3.8) is 0 Å². The Morgan fingerprint density at radius 1 is 1.23 bits per heavy atom. The fourth-order valence-corrected chi connectivity index (χ4v) is 2.01. The second-order valence-electron chi connectivity index (χ2n) is 4.41. The van der Waals surface area contributed by atoms with E-state index >= 15 is 0 Å². The SMILES string of the molecule is NC1CCCC(C(=O)NC2CC2)C1. The lowest BCUT2D eigenvalue weighted by Gasteiger charge is -2.25. The Bertz CT molecular complexity index is 201. The van der Waals surface area contributed by atoms with Gasteiger partial charge in [0.05, 0.1) is 0 Å². The van der Waals surface area contributed by atoms with Crippen molar-refractivity contribution in [1.29, 1.82) is 0 Å². The normalized spacial score (nSPS) is 34.2. The van der Waals surface area contributed by atoms with Crippen LogP contribution in [0.15, 0.2) is 0 Å². The third-order valence-electron chi connectivity index (χ3n) is 3.01. The topological polar surface area (TPSA) is 55.1 Å². The third kappa shape index (κ3) is 2.44. The van der Waals surface area contributed by atoms with Crippen LogP contribution in [0.25, 0.3) is 0 Å². The first-order chi connectivity index (χ1) is 6.25. The van der Waals surface area contributed by atoms with Crippen LogP contribution >= 0.6 is 0 Å². The van der Waals surface area contributed by atoms with Crippen LogP contribution in [0.1, 0.15) is 38.5 Å². The maximum atomic E-state index is 11.6. The van der Waals surface area contributed by atoms with Crippen LogP contribution in [0.2, 0.25) is 0 Å². The third-order valence-corrected chi connectivity index (χ3v) is 3.01. The van der Waals surface area contributed by atoms with Gasteiger partial charge in [-0.15, -0.1) is 0 Å². The average molecular weight is 182 g/mol. The summed E-state index contributed by atoms with van der Waals surface area (Å²) in [6.07, 6.45) is 6.47. The molecule has 2 unspecified atom stereocenters. The lowest BCUT2D eigenvalue weighted by atomic mass is 9.85. The van der Waals surface area contributed by atoms with E-state index in [4.69, 9.17) is 5.73 Å². The van der Waals surface area contributed by atoms with E-state index in [0.717, 1.165) is 25.7 Å². The molecule has 0 aliphatic heterocycles. The van der Waals surface area contributed by atoms with Crippen molar-refractivity contribution in [2.45, 2.75) is 50.6 Å². The van der Waals surface area contributed by atoms with E-state index in [9.17, 15) is 4.79 Å². The summed E-state index contributed by atoms with van der Waals surface area (Å²) in [5.41, 5.74) is 5.83. The van der Waals surface area contributed by atoms with Crippen molar-refractivity contribution in [2.24, 2.45) is 11.7 Å². The Balaban J connectivity index is 1.80. The van der Waals surface area contributed by atoms with Crippen molar-refractivity contribution >= 4 is 5.91 Å². The second-order valence-corrected chi connectivity index (χ2v) is 4.41. The first kappa shape index (κ1) is 9.00. The molecule has 0 aromatic rings. The number of amides is 1. The molecule has 3 nitrogen and oxygen atoms in total. The minimum Gasteiger partial charge on any atom is -0.353 e. The van der Waals surface area contributed by atoms with E-state index in [0.29, 0.717) is 6.04 Å². The van der Waals surface area contributed by atoms with Gasteiger partial charge in [-0.05, 0) is 32.1 Å². The smallest absolute Gasteiger partial charge is 0.223 e. The molecule has 74 valence electrons.